The van der Waals surface area contributed by atoms with Gasteiger partial charge in [0.1, 0.15) is 12.3 Å². The Kier molecular flexibility index (Phi) is 3.14. The maximum absolute atomic E-state index is 10.9. The lowest BCUT2D eigenvalue weighted by Gasteiger charge is -2.03. The summed E-state index contributed by atoms with van der Waals surface area (Å²) in [7, 11) is 0. The number of nitriles is 1. The normalized spacial score (nSPS) is 10.0. The molecule has 2 aromatic heterocycles. The van der Waals surface area contributed by atoms with E-state index in [0.717, 1.165) is 10.9 Å². The number of hydrogen-bond acceptors (Lipinski definition) is 6. The molecular weight excluding hydrogens is 266 g/mol. The predicted molar refractivity (Wildman–Crippen MR) is 64.4 cm³/mol. The zero-order valence-electron chi connectivity index (χ0n) is 10.1. The molecule has 1 N–H and O–H groups in total. The Morgan fingerprint density at radius 2 is 2.30 bits per heavy atom. The highest BCUT2D eigenvalue weighted by Crippen LogP contribution is 2.21. The van der Waals surface area contributed by atoms with Crippen LogP contribution in [0.15, 0.2) is 18.5 Å². The number of nitro groups is 1. The molecule has 0 saturated carbocycles. The van der Waals surface area contributed by atoms with E-state index in [1.807, 2.05) is 6.07 Å². The molecule has 0 aromatic carbocycles. The third-order valence-corrected chi connectivity index (χ3v) is 2.56. The zero-order chi connectivity index (χ0) is 14.9. The molecule has 0 aliphatic heterocycles. The molecule has 0 radical (unpaired) electrons. The second-order valence-corrected chi connectivity index (χ2v) is 3.81. The molecule has 0 spiro atoms. The first-order chi connectivity index (χ1) is 9.45. The van der Waals surface area contributed by atoms with E-state index in [1.54, 1.807) is 13.0 Å². The van der Waals surface area contributed by atoms with Crippen LogP contribution >= 0.6 is 0 Å². The van der Waals surface area contributed by atoms with Gasteiger partial charge >= 0.3 is 11.7 Å². The van der Waals surface area contributed by atoms with Crippen LogP contribution in [0.25, 0.3) is 5.82 Å². The second-order valence-electron chi connectivity index (χ2n) is 3.81. The molecule has 100 valence electrons. The van der Waals surface area contributed by atoms with Crippen molar-refractivity contribution in [3.8, 4) is 11.9 Å². The van der Waals surface area contributed by atoms with E-state index >= 15 is 0 Å². The first-order valence-electron chi connectivity index (χ1n) is 5.29. The van der Waals surface area contributed by atoms with Gasteiger partial charge in [-0.3, -0.25) is 10.1 Å². The third-order valence-electron chi connectivity index (χ3n) is 2.56. The van der Waals surface area contributed by atoms with Crippen LogP contribution in [0, 0.1) is 28.4 Å². The minimum atomic E-state index is -1.53. The molecule has 0 saturated heterocycles. The van der Waals surface area contributed by atoms with Crippen LogP contribution in [0.4, 0.5) is 5.69 Å². The molecule has 0 amide bonds. The van der Waals surface area contributed by atoms with Gasteiger partial charge in [-0.25, -0.2) is 14.5 Å². The number of aryl methyl sites for hydroxylation is 1. The lowest BCUT2D eigenvalue weighted by molar-refractivity contribution is -0.385. The predicted octanol–water partition coefficient (Wildman–Crippen LogP) is 1.05. The van der Waals surface area contributed by atoms with Gasteiger partial charge in [-0.05, 0) is 18.6 Å². The molecule has 20 heavy (non-hydrogen) atoms. The Bertz CT molecular complexity index is 727. The van der Waals surface area contributed by atoms with Crippen LogP contribution in [0.3, 0.4) is 0 Å². The van der Waals surface area contributed by atoms with Crippen molar-refractivity contribution in [2.75, 3.05) is 0 Å². The van der Waals surface area contributed by atoms with E-state index in [0.29, 0.717) is 5.56 Å². The summed E-state index contributed by atoms with van der Waals surface area (Å²) in [5.74, 6) is -1.48. The summed E-state index contributed by atoms with van der Waals surface area (Å²) in [6.07, 6.45) is 2.32. The minimum absolute atomic E-state index is 0.0445. The van der Waals surface area contributed by atoms with Gasteiger partial charge in [-0.1, -0.05) is 0 Å². The number of aromatic carboxylic acids is 1. The molecule has 9 nitrogen and oxygen atoms in total. The summed E-state index contributed by atoms with van der Waals surface area (Å²) >= 11 is 0. The van der Waals surface area contributed by atoms with Crippen LogP contribution in [0.2, 0.25) is 0 Å². The lowest BCUT2D eigenvalue weighted by Crippen LogP contribution is -2.05. The number of nitrogens with zero attached hydrogens (tertiary/aromatic N) is 5. The van der Waals surface area contributed by atoms with Crippen LogP contribution in [0.1, 0.15) is 21.6 Å². The number of carboxylic acid groups (broad SMARTS) is 1. The Morgan fingerprint density at radius 1 is 1.60 bits per heavy atom. The fraction of sp³-hybridized carbons (Fsp3) is 0.0909. The van der Waals surface area contributed by atoms with E-state index < -0.39 is 22.3 Å². The topological polar surface area (TPSA) is 135 Å². The third kappa shape index (κ3) is 2.05. The molecule has 0 aliphatic carbocycles. The largest absolute Gasteiger partial charge is 0.476 e. The van der Waals surface area contributed by atoms with Crippen LogP contribution in [-0.2, 0) is 0 Å². The second kappa shape index (κ2) is 4.77. The van der Waals surface area contributed by atoms with Crippen molar-refractivity contribution in [2.45, 2.75) is 6.92 Å². The summed E-state index contributed by atoms with van der Waals surface area (Å²) in [4.78, 5) is 24.8. The summed E-state index contributed by atoms with van der Waals surface area (Å²) in [6, 6.07) is 3.50. The fourth-order valence-corrected chi connectivity index (χ4v) is 1.62. The standard InChI is InChI=1S/C11H7N5O4/c1-6-2-3-13-10(7(6)4-12)15-5-8(16(19)20)9(14-15)11(17)18/h2-3,5H,1H3,(H,17,18). The van der Waals surface area contributed by atoms with E-state index in [9.17, 15) is 14.9 Å². The molecular formula is C11H7N5O4. The van der Waals surface area contributed by atoms with Crippen LogP contribution < -0.4 is 0 Å². The van der Waals surface area contributed by atoms with Crippen molar-refractivity contribution in [1.82, 2.24) is 14.8 Å². The fourth-order valence-electron chi connectivity index (χ4n) is 1.62. The van der Waals surface area contributed by atoms with E-state index in [-0.39, 0.29) is 11.4 Å². The Labute approximate surface area is 111 Å². The van der Waals surface area contributed by atoms with Crippen LogP contribution in [0.5, 0.6) is 0 Å². The number of aromatic nitrogens is 3. The number of carboxylic acids is 1. The molecule has 0 fully saturated rings. The maximum Gasteiger partial charge on any atom is 0.363 e. The number of carbonyl (C=O) groups is 1. The van der Waals surface area contributed by atoms with Crippen molar-refractivity contribution in [2.24, 2.45) is 0 Å². The summed E-state index contributed by atoms with van der Waals surface area (Å²) < 4.78 is 0.924. The van der Waals surface area contributed by atoms with Gasteiger partial charge in [0.2, 0.25) is 5.69 Å². The van der Waals surface area contributed by atoms with Crippen molar-refractivity contribution >= 4 is 11.7 Å². The first-order valence-corrected chi connectivity index (χ1v) is 5.29. The highest BCUT2D eigenvalue weighted by molar-refractivity contribution is 5.90. The SMILES string of the molecule is Cc1ccnc(-n2cc([N+](=O)[O-])c(C(=O)O)n2)c1C#N. The quantitative estimate of drug-likeness (QED) is 0.652. The van der Waals surface area contributed by atoms with E-state index in [1.165, 1.54) is 6.20 Å². The van der Waals surface area contributed by atoms with Crippen molar-refractivity contribution in [1.29, 1.82) is 5.26 Å². The van der Waals surface area contributed by atoms with Gasteiger partial charge in [0.05, 0.1) is 10.5 Å². The number of rotatable bonds is 3. The smallest absolute Gasteiger partial charge is 0.363 e. The highest BCUT2D eigenvalue weighted by Gasteiger charge is 2.26. The van der Waals surface area contributed by atoms with Crippen molar-refractivity contribution in [3.05, 3.63) is 45.4 Å². The summed E-state index contributed by atoms with van der Waals surface area (Å²) in [5, 5.41) is 32.4. The Balaban J connectivity index is 2.70. The molecule has 0 aliphatic rings. The molecule has 0 atom stereocenters. The zero-order valence-corrected chi connectivity index (χ0v) is 10.1. The van der Waals surface area contributed by atoms with Gasteiger partial charge in [0.15, 0.2) is 5.82 Å². The van der Waals surface area contributed by atoms with Gasteiger partial charge in [0.25, 0.3) is 0 Å². The van der Waals surface area contributed by atoms with Gasteiger partial charge < -0.3 is 5.11 Å². The number of pyridine rings is 1. The van der Waals surface area contributed by atoms with Crippen molar-refractivity contribution in [3.63, 3.8) is 0 Å². The Hall–Kier alpha value is -3.28. The molecule has 0 bridgehead atoms. The lowest BCUT2D eigenvalue weighted by atomic mass is 10.1. The first kappa shape index (κ1) is 13.2. The average molecular weight is 273 g/mol. The van der Waals surface area contributed by atoms with Gasteiger partial charge in [-0.2, -0.15) is 10.4 Å². The molecule has 0 unspecified atom stereocenters. The van der Waals surface area contributed by atoms with Gasteiger partial charge in [-0.15, -0.1) is 0 Å². The molecule has 2 rings (SSSR count). The molecule has 9 heteroatoms. The van der Waals surface area contributed by atoms with Crippen molar-refractivity contribution < 1.29 is 14.8 Å². The molecule has 2 aromatic rings. The van der Waals surface area contributed by atoms with E-state index in [2.05, 4.69) is 10.1 Å². The maximum atomic E-state index is 10.9. The average Bonchev–Trinajstić information content (AvgIpc) is 2.83. The summed E-state index contributed by atoms with van der Waals surface area (Å²) in [5.41, 5.74) is -0.596. The van der Waals surface area contributed by atoms with Gasteiger partial charge in [0, 0.05) is 6.20 Å². The monoisotopic (exact) mass is 273 g/mol. The summed E-state index contributed by atoms with van der Waals surface area (Å²) in [6.45, 7) is 1.67. The van der Waals surface area contributed by atoms with Crippen LogP contribution in [-0.4, -0.2) is 30.8 Å². The number of hydrogen-bond donors (Lipinski definition) is 1. The van der Waals surface area contributed by atoms with E-state index in [4.69, 9.17) is 10.4 Å². The highest BCUT2D eigenvalue weighted by atomic mass is 16.6. The minimum Gasteiger partial charge on any atom is -0.476 e. The molecule has 2 heterocycles. The Morgan fingerprint density at radius 3 is 2.80 bits per heavy atom.